The topological polar surface area (TPSA) is 20.2 Å². The molecule has 0 fully saturated rings. The number of allylic oxidation sites excluding steroid dienone is 1. The summed E-state index contributed by atoms with van der Waals surface area (Å²) in [5.74, 6) is 0. The van der Waals surface area contributed by atoms with Crippen LogP contribution in [0.1, 0.15) is 36.5 Å². The minimum Gasteiger partial charge on any atom is -0.388 e. The third kappa shape index (κ3) is 3.69. The summed E-state index contributed by atoms with van der Waals surface area (Å²) >= 11 is 5.99. The maximum absolute atomic E-state index is 9.87. The van der Waals surface area contributed by atoms with E-state index in [0.717, 1.165) is 35.4 Å². The molecular weight excluding hydrogens is 208 g/mol. The van der Waals surface area contributed by atoms with Crippen molar-refractivity contribution in [1.82, 2.24) is 0 Å². The highest BCUT2D eigenvalue weighted by Crippen LogP contribution is 2.24. The van der Waals surface area contributed by atoms with Gasteiger partial charge in [0.2, 0.25) is 0 Å². The molecule has 0 amide bonds. The predicted octanol–water partition coefficient (Wildman–Crippen LogP) is 4.04. The average molecular weight is 225 g/mol. The molecular formula is C13H17ClO. The first-order valence-corrected chi connectivity index (χ1v) is 5.58. The Balaban J connectivity index is 2.61. The molecule has 0 saturated carbocycles. The Bertz CT molecular complexity index is 333. The molecule has 0 saturated heterocycles. The van der Waals surface area contributed by atoms with Crippen molar-refractivity contribution in [1.29, 1.82) is 0 Å². The third-order valence-corrected chi connectivity index (χ3v) is 2.87. The molecule has 1 nitrogen and oxygen atoms in total. The molecule has 1 atom stereocenters. The van der Waals surface area contributed by atoms with Crippen LogP contribution in [0.5, 0.6) is 0 Å². The Hall–Kier alpha value is -0.790. The monoisotopic (exact) mass is 224 g/mol. The first-order chi connectivity index (χ1) is 7.15. The van der Waals surface area contributed by atoms with Gasteiger partial charge in [0.05, 0.1) is 6.10 Å². The number of rotatable bonds is 5. The molecule has 1 unspecified atom stereocenters. The molecule has 0 aliphatic carbocycles. The maximum Gasteiger partial charge on any atom is 0.0790 e. The summed E-state index contributed by atoms with van der Waals surface area (Å²) in [5.41, 5.74) is 1.94. The Morgan fingerprint density at radius 1 is 1.53 bits per heavy atom. The molecule has 0 aliphatic heterocycles. The lowest BCUT2D eigenvalue weighted by atomic mass is 10.0. The van der Waals surface area contributed by atoms with E-state index in [0.29, 0.717) is 0 Å². The number of aryl methyl sites for hydroxylation is 1. The predicted molar refractivity (Wildman–Crippen MR) is 65.2 cm³/mol. The average Bonchev–Trinajstić information content (AvgIpc) is 2.22. The van der Waals surface area contributed by atoms with Gasteiger partial charge in [-0.1, -0.05) is 29.8 Å². The van der Waals surface area contributed by atoms with Gasteiger partial charge < -0.3 is 5.11 Å². The first-order valence-electron chi connectivity index (χ1n) is 5.20. The summed E-state index contributed by atoms with van der Waals surface area (Å²) in [4.78, 5) is 0. The van der Waals surface area contributed by atoms with Gasteiger partial charge in [0.15, 0.2) is 0 Å². The number of hydrogen-bond acceptors (Lipinski definition) is 1. The van der Waals surface area contributed by atoms with E-state index in [1.54, 1.807) is 0 Å². The second-order valence-corrected chi connectivity index (χ2v) is 4.15. The molecule has 2 heteroatoms. The summed E-state index contributed by atoms with van der Waals surface area (Å²) < 4.78 is 0. The van der Waals surface area contributed by atoms with Crippen molar-refractivity contribution in [2.24, 2.45) is 0 Å². The summed E-state index contributed by atoms with van der Waals surface area (Å²) in [7, 11) is 0. The lowest BCUT2D eigenvalue weighted by Crippen LogP contribution is -1.97. The van der Waals surface area contributed by atoms with Crippen molar-refractivity contribution in [3.05, 3.63) is 47.0 Å². The molecule has 15 heavy (non-hydrogen) atoms. The highest BCUT2D eigenvalue weighted by Gasteiger charge is 2.07. The van der Waals surface area contributed by atoms with Crippen molar-refractivity contribution in [3.63, 3.8) is 0 Å². The van der Waals surface area contributed by atoms with Gasteiger partial charge >= 0.3 is 0 Å². The molecule has 1 aromatic rings. The Kier molecular flexibility index (Phi) is 4.86. The number of benzene rings is 1. The second-order valence-electron chi connectivity index (χ2n) is 3.74. The summed E-state index contributed by atoms with van der Waals surface area (Å²) in [6.45, 7) is 5.61. The van der Waals surface area contributed by atoms with Gasteiger partial charge in [0, 0.05) is 5.02 Å². The summed E-state index contributed by atoms with van der Waals surface area (Å²) in [6, 6.07) is 5.71. The quantitative estimate of drug-likeness (QED) is 0.591. The van der Waals surface area contributed by atoms with Crippen molar-refractivity contribution < 1.29 is 5.11 Å². The van der Waals surface area contributed by atoms with Gasteiger partial charge in [-0.3, -0.25) is 0 Å². The van der Waals surface area contributed by atoms with E-state index in [9.17, 15) is 5.11 Å². The highest BCUT2D eigenvalue weighted by atomic mass is 35.5. The van der Waals surface area contributed by atoms with Crippen LogP contribution >= 0.6 is 11.6 Å². The Morgan fingerprint density at radius 2 is 2.27 bits per heavy atom. The van der Waals surface area contributed by atoms with Gasteiger partial charge in [-0.15, -0.1) is 6.58 Å². The van der Waals surface area contributed by atoms with Crippen LogP contribution in [0.4, 0.5) is 0 Å². The second kappa shape index (κ2) is 5.94. The lowest BCUT2D eigenvalue weighted by Gasteiger charge is -2.11. The Labute approximate surface area is 96.4 Å². The number of aliphatic hydroxyl groups is 1. The van der Waals surface area contributed by atoms with Crippen LogP contribution in [-0.2, 0) is 0 Å². The minimum absolute atomic E-state index is 0.414. The van der Waals surface area contributed by atoms with E-state index < -0.39 is 6.10 Å². The van der Waals surface area contributed by atoms with E-state index in [2.05, 4.69) is 6.58 Å². The van der Waals surface area contributed by atoms with E-state index in [1.165, 1.54) is 0 Å². The smallest absolute Gasteiger partial charge is 0.0790 e. The van der Waals surface area contributed by atoms with Crippen molar-refractivity contribution in [2.45, 2.75) is 32.3 Å². The van der Waals surface area contributed by atoms with Crippen molar-refractivity contribution >= 4 is 11.6 Å². The lowest BCUT2D eigenvalue weighted by molar-refractivity contribution is 0.165. The molecule has 0 heterocycles. The molecule has 1 N–H and O–H groups in total. The molecule has 1 aromatic carbocycles. The number of halogens is 1. The zero-order valence-corrected chi connectivity index (χ0v) is 9.80. The van der Waals surface area contributed by atoms with Gasteiger partial charge in [0.25, 0.3) is 0 Å². The number of unbranched alkanes of at least 4 members (excludes halogenated alkanes) is 1. The SMILES string of the molecule is C=CCCCC(O)c1ccc(C)c(Cl)c1. The van der Waals surface area contributed by atoms with E-state index in [-0.39, 0.29) is 0 Å². The Morgan fingerprint density at radius 3 is 2.87 bits per heavy atom. The molecule has 0 spiro atoms. The van der Waals surface area contributed by atoms with E-state index in [4.69, 9.17) is 11.6 Å². The number of hydrogen-bond donors (Lipinski definition) is 1. The zero-order chi connectivity index (χ0) is 11.3. The summed E-state index contributed by atoms with van der Waals surface area (Å²) in [6.07, 6.45) is 4.11. The molecule has 1 rings (SSSR count). The van der Waals surface area contributed by atoms with Crippen LogP contribution in [-0.4, -0.2) is 5.11 Å². The van der Waals surface area contributed by atoms with Crippen LogP contribution in [0.2, 0.25) is 5.02 Å². The fourth-order valence-corrected chi connectivity index (χ4v) is 1.63. The summed E-state index contributed by atoms with van der Waals surface area (Å²) in [5, 5.41) is 10.6. The van der Waals surface area contributed by atoms with Gasteiger partial charge in [0.1, 0.15) is 0 Å². The van der Waals surface area contributed by atoms with Gasteiger partial charge in [-0.25, -0.2) is 0 Å². The van der Waals surface area contributed by atoms with Crippen LogP contribution in [0.25, 0.3) is 0 Å². The highest BCUT2D eigenvalue weighted by molar-refractivity contribution is 6.31. The van der Waals surface area contributed by atoms with Gasteiger partial charge in [-0.2, -0.15) is 0 Å². The zero-order valence-electron chi connectivity index (χ0n) is 9.04. The van der Waals surface area contributed by atoms with Crippen LogP contribution in [0, 0.1) is 6.92 Å². The molecule has 82 valence electrons. The van der Waals surface area contributed by atoms with E-state index in [1.807, 2.05) is 31.2 Å². The van der Waals surface area contributed by atoms with Gasteiger partial charge in [-0.05, 0) is 43.4 Å². The molecule has 0 bridgehead atoms. The normalized spacial score (nSPS) is 12.5. The third-order valence-electron chi connectivity index (χ3n) is 2.47. The minimum atomic E-state index is -0.414. The van der Waals surface area contributed by atoms with Crippen molar-refractivity contribution in [2.75, 3.05) is 0 Å². The number of aliphatic hydroxyl groups excluding tert-OH is 1. The fourth-order valence-electron chi connectivity index (χ4n) is 1.44. The maximum atomic E-state index is 9.87. The first kappa shape index (κ1) is 12.3. The molecule has 0 aliphatic rings. The standard InChI is InChI=1S/C13H17ClO/c1-3-4-5-6-13(15)11-8-7-10(2)12(14)9-11/h3,7-9,13,15H,1,4-6H2,2H3. The molecule has 0 radical (unpaired) electrons. The fraction of sp³-hybridized carbons (Fsp3) is 0.385. The van der Waals surface area contributed by atoms with Crippen molar-refractivity contribution in [3.8, 4) is 0 Å². The van der Waals surface area contributed by atoms with Crippen LogP contribution < -0.4 is 0 Å². The molecule has 0 aromatic heterocycles. The van der Waals surface area contributed by atoms with Crippen LogP contribution in [0.15, 0.2) is 30.9 Å². The van der Waals surface area contributed by atoms with E-state index >= 15 is 0 Å². The van der Waals surface area contributed by atoms with Crippen LogP contribution in [0.3, 0.4) is 0 Å². The largest absolute Gasteiger partial charge is 0.388 e.